The van der Waals surface area contributed by atoms with E-state index in [1.807, 2.05) is 41.3 Å². The van der Waals surface area contributed by atoms with Crippen molar-refractivity contribution in [2.75, 3.05) is 27.9 Å². The van der Waals surface area contributed by atoms with Crippen LogP contribution in [0.25, 0.3) is 11.0 Å². The quantitative estimate of drug-likeness (QED) is 0.641. The summed E-state index contributed by atoms with van der Waals surface area (Å²) in [5.41, 5.74) is 2.91. The van der Waals surface area contributed by atoms with E-state index in [1.165, 1.54) is 0 Å². The van der Waals surface area contributed by atoms with Gasteiger partial charge in [-0.3, -0.25) is 4.79 Å². The number of H-pyrrole nitrogens is 1. The molecule has 0 bridgehead atoms. The van der Waals surface area contributed by atoms with Crippen molar-refractivity contribution in [3.8, 4) is 17.2 Å². The molecule has 1 N–H and O–H groups in total. The molecule has 158 valence electrons. The standard InChI is InChI=1S/C23H27N3O4/c1-28-19-13-15(14-20(29-2)22(19)30-3)10-11-21(27)26-12-6-9-18(26)23-24-16-7-4-5-8-17(16)25-23/h4-5,7-8,13-14,18H,6,9-12H2,1-3H3,(H,24,25). The first kappa shape index (κ1) is 20.1. The van der Waals surface area contributed by atoms with Crippen molar-refractivity contribution in [3.05, 3.63) is 47.8 Å². The number of imidazole rings is 1. The molecule has 4 rings (SSSR count). The Balaban J connectivity index is 1.48. The number of nitrogens with one attached hydrogen (secondary N) is 1. The van der Waals surface area contributed by atoms with Gasteiger partial charge in [-0.25, -0.2) is 4.98 Å². The molecule has 0 saturated carbocycles. The Hall–Kier alpha value is -3.22. The SMILES string of the molecule is COc1cc(CCC(=O)N2CCCC2c2nc3ccccc3[nH]2)cc(OC)c1OC. The third-order valence-corrected chi connectivity index (χ3v) is 5.65. The Kier molecular flexibility index (Phi) is 5.79. The Labute approximate surface area is 176 Å². The summed E-state index contributed by atoms with van der Waals surface area (Å²) in [5, 5.41) is 0. The molecule has 3 aromatic rings. The molecule has 1 atom stereocenters. The van der Waals surface area contributed by atoms with Crippen molar-refractivity contribution < 1.29 is 19.0 Å². The smallest absolute Gasteiger partial charge is 0.223 e. The van der Waals surface area contributed by atoms with E-state index in [0.29, 0.717) is 30.1 Å². The van der Waals surface area contributed by atoms with E-state index in [2.05, 4.69) is 4.98 Å². The van der Waals surface area contributed by atoms with Gasteiger partial charge in [0.1, 0.15) is 5.82 Å². The third-order valence-electron chi connectivity index (χ3n) is 5.65. The van der Waals surface area contributed by atoms with Crippen molar-refractivity contribution in [3.63, 3.8) is 0 Å². The zero-order valence-corrected chi connectivity index (χ0v) is 17.6. The van der Waals surface area contributed by atoms with Gasteiger partial charge in [-0.05, 0) is 49.1 Å². The number of aromatic nitrogens is 2. The highest BCUT2D eigenvalue weighted by atomic mass is 16.5. The second-order valence-electron chi connectivity index (χ2n) is 7.42. The van der Waals surface area contributed by atoms with Gasteiger partial charge >= 0.3 is 0 Å². The fraction of sp³-hybridized carbons (Fsp3) is 0.391. The van der Waals surface area contributed by atoms with Crippen LogP contribution in [0.2, 0.25) is 0 Å². The van der Waals surface area contributed by atoms with E-state index >= 15 is 0 Å². The number of amides is 1. The molecule has 7 nitrogen and oxygen atoms in total. The zero-order chi connectivity index (χ0) is 21.1. The van der Waals surface area contributed by atoms with Crippen molar-refractivity contribution in [2.24, 2.45) is 0 Å². The maximum Gasteiger partial charge on any atom is 0.223 e. The number of hydrogen-bond acceptors (Lipinski definition) is 5. The minimum absolute atomic E-state index is 0.00448. The molecule has 1 aliphatic heterocycles. The maximum atomic E-state index is 13.0. The molecule has 1 amide bonds. The largest absolute Gasteiger partial charge is 0.493 e. The number of fused-ring (bicyclic) bond motifs is 1. The van der Waals surface area contributed by atoms with Crippen molar-refractivity contribution in [1.82, 2.24) is 14.9 Å². The van der Waals surface area contributed by atoms with E-state index in [-0.39, 0.29) is 11.9 Å². The van der Waals surface area contributed by atoms with Crippen LogP contribution in [-0.2, 0) is 11.2 Å². The lowest BCUT2D eigenvalue weighted by Gasteiger charge is -2.23. The fourth-order valence-corrected chi connectivity index (χ4v) is 4.15. The van der Waals surface area contributed by atoms with Crippen LogP contribution in [0.3, 0.4) is 0 Å². The number of carbonyl (C=O) groups excluding carboxylic acids is 1. The van der Waals surface area contributed by atoms with Crippen LogP contribution in [0.5, 0.6) is 17.2 Å². The summed E-state index contributed by atoms with van der Waals surface area (Å²) in [5.74, 6) is 2.75. The molecule has 1 aliphatic rings. The van der Waals surface area contributed by atoms with Gasteiger partial charge in [0, 0.05) is 13.0 Å². The lowest BCUT2D eigenvalue weighted by Crippen LogP contribution is -2.31. The third kappa shape index (κ3) is 3.79. The second-order valence-corrected chi connectivity index (χ2v) is 7.42. The van der Waals surface area contributed by atoms with Crippen LogP contribution in [-0.4, -0.2) is 48.6 Å². The molecule has 30 heavy (non-hydrogen) atoms. The van der Waals surface area contributed by atoms with Gasteiger partial charge in [0.2, 0.25) is 11.7 Å². The predicted molar refractivity (Wildman–Crippen MR) is 114 cm³/mol. The van der Waals surface area contributed by atoms with E-state index in [9.17, 15) is 4.79 Å². The molecular weight excluding hydrogens is 382 g/mol. The fourth-order valence-electron chi connectivity index (χ4n) is 4.15. The number of ether oxygens (including phenoxy) is 3. The van der Waals surface area contributed by atoms with Gasteiger partial charge in [0.15, 0.2) is 11.5 Å². The van der Waals surface area contributed by atoms with Gasteiger partial charge in [-0.2, -0.15) is 0 Å². The van der Waals surface area contributed by atoms with E-state index in [0.717, 1.165) is 41.8 Å². The monoisotopic (exact) mass is 409 g/mol. The molecule has 2 heterocycles. The maximum absolute atomic E-state index is 13.0. The molecular formula is C23H27N3O4. The number of aromatic amines is 1. The highest BCUT2D eigenvalue weighted by Crippen LogP contribution is 2.39. The number of para-hydroxylation sites is 2. The van der Waals surface area contributed by atoms with Crippen LogP contribution < -0.4 is 14.2 Å². The number of methoxy groups -OCH3 is 3. The Bertz CT molecular complexity index is 988. The minimum atomic E-state index is 0.00448. The average Bonchev–Trinajstić information content (AvgIpc) is 3.43. The average molecular weight is 409 g/mol. The van der Waals surface area contributed by atoms with Gasteiger partial charge in [-0.15, -0.1) is 0 Å². The number of aryl methyl sites for hydroxylation is 1. The normalized spacial score (nSPS) is 16.1. The Morgan fingerprint density at radius 3 is 2.53 bits per heavy atom. The lowest BCUT2D eigenvalue weighted by atomic mass is 10.1. The number of carbonyl (C=O) groups is 1. The summed E-state index contributed by atoms with van der Waals surface area (Å²) in [6.07, 6.45) is 2.92. The number of nitrogens with zero attached hydrogens (tertiary/aromatic N) is 2. The summed E-state index contributed by atoms with van der Waals surface area (Å²) >= 11 is 0. The topological polar surface area (TPSA) is 76.7 Å². The van der Waals surface area contributed by atoms with Gasteiger partial charge in [0.25, 0.3) is 0 Å². The molecule has 7 heteroatoms. The highest BCUT2D eigenvalue weighted by molar-refractivity contribution is 5.78. The lowest BCUT2D eigenvalue weighted by molar-refractivity contribution is -0.132. The first-order valence-corrected chi connectivity index (χ1v) is 10.2. The molecule has 1 fully saturated rings. The molecule has 1 saturated heterocycles. The van der Waals surface area contributed by atoms with Crippen molar-refractivity contribution in [1.29, 1.82) is 0 Å². The number of hydrogen-bond donors (Lipinski definition) is 1. The zero-order valence-electron chi connectivity index (χ0n) is 17.6. The second kappa shape index (κ2) is 8.65. The number of rotatable bonds is 7. The predicted octanol–water partition coefficient (Wildman–Crippen LogP) is 3.89. The van der Waals surface area contributed by atoms with Crippen LogP contribution in [0.1, 0.15) is 36.7 Å². The molecule has 1 aromatic heterocycles. The highest BCUT2D eigenvalue weighted by Gasteiger charge is 2.31. The number of likely N-dealkylation sites (tertiary alicyclic amines) is 1. The Morgan fingerprint density at radius 1 is 1.13 bits per heavy atom. The van der Waals surface area contributed by atoms with E-state index < -0.39 is 0 Å². The van der Waals surface area contributed by atoms with Gasteiger partial charge < -0.3 is 24.1 Å². The summed E-state index contributed by atoms with van der Waals surface area (Å²) in [6.45, 7) is 0.760. The first-order chi connectivity index (χ1) is 14.6. The van der Waals surface area contributed by atoms with Crippen molar-refractivity contribution >= 4 is 16.9 Å². The molecule has 2 aromatic carbocycles. The van der Waals surface area contributed by atoms with E-state index in [1.54, 1.807) is 21.3 Å². The van der Waals surface area contributed by atoms with Gasteiger partial charge in [-0.1, -0.05) is 12.1 Å². The summed E-state index contributed by atoms with van der Waals surface area (Å²) < 4.78 is 16.2. The van der Waals surface area contributed by atoms with Crippen LogP contribution in [0.4, 0.5) is 0 Å². The molecule has 0 radical (unpaired) electrons. The van der Waals surface area contributed by atoms with Gasteiger partial charge in [0.05, 0.1) is 38.4 Å². The Morgan fingerprint density at radius 2 is 1.87 bits per heavy atom. The van der Waals surface area contributed by atoms with E-state index in [4.69, 9.17) is 19.2 Å². The van der Waals surface area contributed by atoms with Crippen LogP contribution in [0, 0.1) is 0 Å². The first-order valence-electron chi connectivity index (χ1n) is 10.2. The van der Waals surface area contributed by atoms with Crippen LogP contribution >= 0.6 is 0 Å². The summed E-state index contributed by atoms with van der Waals surface area (Å²) in [7, 11) is 4.76. The summed E-state index contributed by atoms with van der Waals surface area (Å²) in [4.78, 5) is 23.1. The van der Waals surface area contributed by atoms with Crippen LogP contribution in [0.15, 0.2) is 36.4 Å². The molecule has 1 unspecified atom stereocenters. The molecule has 0 aliphatic carbocycles. The molecule has 0 spiro atoms. The number of benzene rings is 2. The summed E-state index contributed by atoms with van der Waals surface area (Å²) in [6, 6.07) is 11.8. The minimum Gasteiger partial charge on any atom is -0.493 e. The van der Waals surface area contributed by atoms with Crippen molar-refractivity contribution in [2.45, 2.75) is 31.7 Å².